The second-order valence-electron chi connectivity index (χ2n) is 4.98. The van der Waals surface area contributed by atoms with E-state index in [-0.39, 0.29) is 5.92 Å². The Kier molecular flexibility index (Phi) is 4.91. The molecule has 0 radical (unpaired) electrons. The largest absolute Gasteiger partial charge is 0.390 e. The molecule has 1 aliphatic carbocycles. The fourth-order valence-electron chi connectivity index (χ4n) is 2.67. The van der Waals surface area contributed by atoms with Gasteiger partial charge in [-0.05, 0) is 24.8 Å². The van der Waals surface area contributed by atoms with Crippen molar-refractivity contribution in [1.82, 2.24) is 0 Å². The average molecular weight is 289 g/mol. The Bertz CT molecular complexity index is 403. The van der Waals surface area contributed by atoms with Gasteiger partial charge < -0.3 is 10.2 Å². The number of halogens is 2. The van der Waals surface area contributed by atoms with E-state index in [1.807, 2.05) is 0 Å². The van der Waals surface area contributed by atoms with Gasteiger partial charge in [0.1, 0.15) is 6.10 Å². The predicted octanol–water partition coefficient (Wildman–Crippen LogP) is 3.97. The second kappa shape index (κ2) is 6.25. The highest BCUT2D eigenvalue weighted by Gasteiger charge is 2.29. The molecule has 1 aromatic carbocycles. The molecule has 2 rings (SSSR count). The molecule has 2 N–H and O–H groups in total. The van der Waals surface area contributed by atoms with Crippen molar-refractivity contribution in [1.29, 1.82) is 0 Å². The molecule has 18 heavy (non-hydrogen) atoms. The van der Waals surface area contributed by atoms with Gasteiger partial charge in [-0.15, -0.1) is 0 Å². The molecule has 1 aliphatic rings. The van der Waals surface area contributed by atoms with Gasteiger partial charge in [-0.1, -0.05) is 54.6 Å². The summed E-state index contributed by atoms with van der Waals surface area (Å²) in [6.45, 7) is 0. The van der Waals surface area contributed by atoms with E-state index < -0.39 is 12.2 Å². The van der Waals surface area contributed by atoms with Gasteiger partial charge in [0.05, 0.1) is 16.1 Å². The SMILES string of the molecule is OC(c1cccc(Cl)c1Cl)C(O)C1CCCCC1. The van der Waals surface area contributed by atoms with Crippen molar-refractivity contribution in [2.75, 3.05) is 0 Å². The van der Waals surface area contributed by atoms with E-state index in [1.165, 1.54) is 6.42 Å². The number of hydrogen-bond donors (Lipinski definition) is 2. The van der Waals surface area contributed by atoms with Crippen LogP contribution in [0.4, 0.5) is 0 Å². The number of benzene rings is 1. The number of aliphatic hydroxyl groups is 2. The molecule has 4 heteroatoms. The van der Waals surface area contributed by atoms with Gasteiger partial charge in [-0.3, -0.25) is 0 Å². The summed E-state index contributed by atoms with van der Waals surface area (Å²) in [5, 5.41) is 21.3. The molecule has 1 saturated carbocycles. The lowest BCUT2D eigenvalue weighted by atomic mass is 9.82. The van der Waals surface area contributed by atoms with Crippen molar-refractivity contribution in [2.45, 2.75) is 44.3 Å². The Labute approximate surface area is 118 Å². The minimum atomic E-state index is -0.959. The van der Waals surface area contributed by atoms with E-state index in [9.17, 15) is 10.2 Å². The summed E-state index contributed by atoms with van der Waals surface area (Å²) in [7, 11) is 0. The summed E-state index contributed by atoms with van der Waals surface area (Å²) in [4.78, 5) is 0. The zero-order valence-corrected chi connectivity index (χ0v) is 11.7. The Morgan fingerprint density at radius 1 is 1.06 bits per heavy atom. The van der Waals surface area contributed by atoms with Crippen LogP contribution in [0.15, 0.2) is 18.2 Å². The number of aliphatic hydroxyl groups excluding tert-OH is 2. The fourth-order valence-corrected chi connectivity index (χ4v) is 3.09. The molecule has 0 saturated heterocycles. The van der Waals surface area contributed by atoms with Gasteiger partial charge in [0.25, 0.3) is 0 Å². The average Bonchev–Trinajstić information content (AvgIpc) is 2.41. The summed E-state index contributed by atoms with van der Waals surface area (Å²) >= 11 is 12.0. The minimum Gasteiger partial charge on any atom is -0.390 e. The molecule has 100 valence electrons. The summed E-state index contributed by atoms with van der Waals surface area (Å²) in [5.41, 5.74) is 0.516. The molecule has 0 amide bonds. The summed E-state index contributed by atoms with van der Waals surface area (Å²) < 4.78 is 0. The van der Waals surface area contributed by atoms with Crippen molar-refractivity contribution in [3.8, 4) is 0 Å². The zero-order valence-electron chi connectivity index (χ0n) is 10.1. The predicted molar refractivity (Wildman–Crippen MR) is 74.0 cm³/mol. The molecule has 2 nitrogen and oxygen atoms in total. The maximum absolute atomic E-state index is 10.3. The Balaban J connectivity index is 2.14. The molecule has 2 unspecified atom stereocenters. The summed E-state index contributed by atoms with van der Waals surface area (Å²) in [6.07, 6.45) is 3.68. The monoisotopic (exact) mass is 288 g/mol. The molecular weight excluding hydrogens is 271 g/mol. The van der Waals surface area contributed by atoms with Gasteiger partial charge in [0, 0.05) is 5.56 Å². The van der Waals surface area contributed by atoms with Crippen LogP contribution in [0.5, 0.6) is 0 Å². The van der Waals surface area contributed by atoms with E-state index >= 15 is 0 Å². The smallest absolute Gasteiger partial charge is 0.107 e. The summed E-state index contributed by atoms with van der Waals surface area (Å²) in [5.74, 6) is 0.156. The quantitative estimate of drug-likeness (QED) is 0.884. The minimum absolute atomic E-state index is 0.156. The van der Waals surface area contributed by atoms with Gasteiger partial charge in [0.15, 0.2) is 0 Å². The molecule has 1 aromatic rings. The first-order chi connectivity index (χ1) is 8.61. The van der Waals surface area contributed by atoms with Crippen LogP contribution in [0, 0.1) is 5.92 Å². The van der Waals surface area contributed by atoms with E-state index in [2.05, 4.69) is 0 Å². The summed E-state index contributed by atoms with van der Waals surface area (Å²) in [6, 6.07) is 5.12. The van der Waals surface area contributed by atoms with Crippen LogP contribution in [-0.2, 0) is 0 Å². The highest BCUT2D eigenvalue weighted by molar-refractivity contribution is 6.42. The van der Waals surface area contributed by atoms with E-state index in [0.29, 0.717) is 15.6 Å². The molecule has 0 aliphatic heterocycles. The van der Waals surface area contributed by atoms with E-state index in [1.54, 1.807) is 18.2 Å². The third-order valence-corrected chi connectivity index (χ3v) is 4.59. The number of rotatable bonds is 3. The highest BCUT2D eigenvalue weighted by Crippen LogP contribution is 2.36. The van der Waals surface area contributed by atoms with Crippen LogP contribution in [0.1, 0.15) is 43.8 Å². The molecular formula is C14H18Cl2O2. The lowest BCUT2D eigenvalue weighted by molar-refractivity contribution is -0.0285. The van der Waals surface area contributed by atoms with Crippen LogP contribution in [0.2, 0.25) is 10.0 Å². The zero-order chi connectivity index (χ0) is 13.1. The Morgan fingerprint density at radius 3 is 2.39 bits per heavy atom. The van der Waals surface area contributed by atoms with Crippen LogP contribution >= 0.6 is 23.2 Å². The van der Waals surface area contributed by atoms with Gasteiger partial charge >= 0.3 is 0 Å². The molecule has 0 bridgehead atoms. The molecule has 0 heterocycles. The van der Waals surface area contributed by atoms with Crippen molar-refractivity contribution in [2.24, 2.45) is 5.92 Å². The van der Waals surface area contributed by atoms with Crippen LogP contribution in [0.25, 0.3) is 0 Å². The maximum atomic E-state index is 10.3. The second-order valence-corrected chi connectivity index (χ2v) is 5.76. The lowest BCUT2D eigenvalue weighted by Gasteiger charge is -2.30. The van der Waals surface area contributed by atoms with Gasteiger partial charge in [-0.2, -0.15) is 0 Å². The standard InChI is InChI=1S/C14H18Cl2O2/c15-11-8-4-7-10(12(11)16)14(18)13(17)9-5-2-1-3-6-9/h4,7-9,13-14,17-18H,1-3,5-6H2. The third kappa shape index (κ3) is 3.00. The fraction of sp³-hybridized carbons (Fsp3) is 0.571. The van der Waals surface area contributed by atoms with E-state index in [4.69, 9.17) is 23.2 Å². The maximum Gasteiger partial charge on any atom is 0.107 e. The topological polar surface area (TPSA) is 40.5 Å². The van der Waals surface area contributed by atoms with Gasteiger partial charge in [-0.25, -0.2) is 0 Å². The van der Waals surface area contributed by atoms with E-state index in [0.717, 1.165) is 25.7 Å². The molecule has 0 aromatic heterocycles. The molecule has 1 fully saturated rings. The van der Waals surface area contributed by atoms with Crippen molar-refractivity contribution in [3.63, 3.8) is 0 Å². The highest BCUT2D eigenvalue weighted by atomic mass is 35.5. The first-order valence-corrected chi connectivity index (χ1v) is 7.17. The van der Waals surface area contributed by atoms with Crippen LogP contribution in [0.3, 0.4) is 0 Å². The van der Waals surface area contributed by atoms with Crippen molar-refractivity contribution >= 4 is 23.2 Å². The normalized spacial score (nSPS) is 20.7. The van der Waals surface area contributed by atoms with Gasteiger partial charge in [0.2, 0.25) is 0 Å². The Hall–Kier alpha value is -0.280. The lowest BCUT2D eigenvalue weighted by Crippen LogP contribution is -2.29. The molecule has 0 spiro atoms. The van der Waals surface area contributed by atoms with Crippen LogP contribution in [-0.4, -0.2) is 16.3 Å². The number of hydrogen-bond acceptors (Lipinski definition) is 2. The van der Waals surface area contributed by atoms with Crippen molar-refractivity contribution in [3.05, 3.63) is 33.8 Å². The molecule has 2 atom stereocenters. The first kappa shape index (κ1) is 14.1. The third-order valence-electron chi connectivity index (χ3n) is 3.76. The van der Waals surface area contributed by atoms with Crippen LogP contribution < -0.4 is 0 Å². The first-order valence-electron chi connectivity index (χ1n) is 6.41. The Morgan fingerprint density at radius 2 is 1.72 bits per heavy atom. The van der Waals surface area contributed by atoms with Crippen molar-refractivity contribution < 1.29 is 10.2 Å².